The van der Waals surface area contributed by atoms with Gasteiger partial charge in [-0.1, -0.05) is 12.1 Å². The summed E-state index contributed by atoms with van der Waals surface area (Å²) >= 11 is 0. The van der Waals surface area contributed by atoms with Crippen molar-refractivity contribution in [1.29, 1.82) is 0 Å². The molecular formula is C17H19FN2O4S. The minimum Gasteiger partial charge on any atom is -0.494 e. The quantitative estimate of drug-likeness (QED) is 0.849. The van der Waals surface area contributed by atoms with Crippen molar-refractivity contribution >= 4 is 15.9 Å². The van der Waals surface area contributed by atoms with E-state index >= 15 is 0 Å². The van der Waals surface area contributed by atoms with Crippen LogP contribution in [0.25, 0.3) is 0 Å². The number of benzene rings is 2. The summed E-state index contributed by atoms with van der Waals surface area (Å²) < 4.78 is 43.5. The molecule has 0 bridgehead atoms. The minimum atomic E-state index is -3.49. The van der Waals surface area contributed by atoms with E-state index in [0.717, 1.165) is 15.9 Å². The van der Waals surface area contributed by atoms with E-state index in [-0.39, 0.29) is 22.8 Å². The molecule has 0 atom stereocenters. The molecule has 8 heteroatoms. The highest BCUT2D eigenvalue weighted by molar-refractivity contribution is 7.89. The molecule has 0 fully saturated rings. The second-order valence-electron chi connectivity index (χ2n) is 5.46. The standard InChI is InChI=1S/C17H19FN2O4S/c1-20(2)25(22,23)14-7-4-12(5-8-14)11-19-17(21)13-6-9-16(24-3)15(18)10-13/h4-10H,11H2,1-3H3,(H,19,21). The number of rotatable bonds is 6. The van der Waals surface area contributed by atoms with Gasteiger partial charge in [0, 0.05) is 26.2 Å². The highest BCUT2D eigenvalue weighted by atomic mass is 32.2. The number of carbonyl (C=O) groups is 1. The Hall–Kier alpha value is -2.45. The van der Waals surface area contributed by atoms with Crippen LogP contribution in [0.2, 0.25) is 0 Å². The maximum absolute atomic E-state index is 13.6. The second kappa shape index (κ2) is 7.62. The number of hydrogen-bond donors (Lipinski definition) is 1. The lowest BCUT2D eigenvalue weighted by atomic mass is 10.2. The van der Waals surface area contributed by atoms with Crippen molar-refractivity contribution in [2.75, 3.05) is 21.2 Å². The topological polar surface area (TPSA) is 75.7 Å². The smallest absolute Gasteiger partial charge is 0.251 e. The molecule has 25 heavy (non-hydrogen) atoms. The van der Waals surface area contributed by atoms with Crippen LogP contribution in [0.15, 0.2) is 47.4 Å². The maximum atomic E-state index is 13.6. The summed E-state index contributed by atoms with van der Waals surface area (Å²) in [7, 11) is 0.770. The molecule has 0 spiro atoms. The SMILES string of the molecule is COc1ccc(C(=O)NCc2ccc(S(=O)(=O)N(C)C)cc2)cc1F. The van der Waals surface area contributed by atoms with Gasteiger partial charge in [-0.15, -0.1) is 0 Å². The van der Waals surface area contributed by atoms with Crippen LogP contribution in [0.5, 0.6) is 5.75 Å². The first-order chi connectivity index (χ1) is 11.8. The van der Waals surface area contributed by atoms with Crippen LogP contribution >= 0.6 is 0 Å². The van der Waals surface area contributed by atoms with Gasteiger partial charge in [-0.05, 0) is 35.9 Å². The number of nitrogens with zero attached hydrogens (tertiary/aromatic N) is 1. The number of carbonyl (C=O) groups excluding carboxylic acids is 1. The number of ether oxygens (including phenoxy) is 1. The largest absolute Gasteiger partial charge is 0.494 e. The lowest BCUT2D eigenvalue weighted by Crippen LogP contribution is -2.23. The summed E-state index contributed by atoms with van der Waals surface area (Å²) in [5.74, 6) is -0.992. The molecule has 0 aromatic heterocycles. The number of halogens is 1. The van der Waals surface area contributed by atoms with Gasteiger partial charge in [-0.2, -0.15) is 0 Å². The third kappa shape index (κ3) is 4.34. The van der Waals surface area contributed by atoms with Gasteiger partial charge in [0.1, 0.15) is 0 Å². The van der Waals surface area contributed by atoms with Crippen molar-refractivity contribution in [2.24, 2.45) is 0 Å². The Labute approximate surface area is 146 Å². The van der Waals surface area contributed by atoms with Gasteiger partial charge in [0.2, 0.25) is 10.0 Å². The van der Waals surface area contributed by atoms with Gasteiger partial charge in [-0.3, -0.25) is 4.79 Å². The van der Waals surface area contributed by atoms with Crippen LogP contribution in [0.3, 0.4) is 0 Å². The molecule has 0 saturated heterocycles. The van der Waals surface area contributed by atoms with Crippen LogP contribution in [-0.2, 0) is 16.6 Å². The predicted octanol–water partition coefficient (Wildman–Crippen LogP) is 2.01. The molecular weight excluding hydrogens is 347 g/mol. The zero-order chi connectivity index (χ0) is 18.6. The van der Waals surface area contributed by atoms with Crippen molar-refractivity contribution < 1.29 is 22.3 Å². The number of amides is 1. The average molecular weight is 366 g/mol. The van der Waals surface area contributed by atoms with E-state index in [1.807, 2.05) is 0 Å². The molecule has 2 aromatic rings. The number of sulfonamides is 1. The second-order valence-corrected chi connectivity index (χ2v) is 7.62. The van der Waals surface area contributed by atoms with Crippen LogP contribution in [-0.4, -0.2) is 39.8 Å². The fourth-order valence-corrected chi connectivity index (χ4v) is 2.98. The maximum Gasteiger partial charge on any atom is 0.251 e. The van der Waals surface area contributed by atoms with Crippen molar-refractivity contribution in [3.8, 4) is 5.75 Å². The van der Waals surface area contributed by atoms with Gasteiger partial charge in [0.05, 0.1) is 12.0 Å². The van der Waals surface area contributed by atoms with Crippen LogP contribution in [0.4, 0.5) is 4.39 Å². The zero-order valence-electron chi connectivity index (χ0n) is 14.1. The molecule has 2 rings (SSSR count). The summed E-state index contributed by atoms with van der Waals surface area (Å²) in [6, 6.07) is 10.1. The predicted molar refractivity (Wildman–Crippen MR) is 91.4 cm³/mol. The van der Waals surface area contributed by atoms with Crippen LogP contribution in [0.1, 0.15) is 15.9 Å². The first kappa shape index (κ1) is 18.9. The fraction of sp³-hybridized carbons (Fsp3) is 0.235. The van der Waals surface area contributed by atoms with Crippen molar-refractivity contribution in [3.05, 3.63) is 59.4 Å². The molecule has 0 unspecified atom stereocenters. The monoisotopic (exact) mass is 366 g/mol. The molecule has 6 nitrogen and oxygen atoms in total. The Morgan fingerprint density at radius 3 is 2.32 bits per heavy atom. The molecule has 1 amide bonds. The van der Waals surface area contributed by atoms with E-state index in [2.05, 4.69) is 5.32 Å². The third-order valence-electron chi connectivity index (χ3n) is 3.57. The summed E-state index contributed by atoms with van der Waals surface area (Å²) in [5, 5.41) is 2.65. The molecule has 0 aliphatic heterocycles. The first-order valence-electron chi connectivity index (χ1n) is 7.39. The summed E-state index contributed by atoms with van der Waals surface area (Å²) in [5.41, 5.74) is 0.894. The normalized spacial score (nSPS) is 11.4. The first-order valence-corrected chi connectivity index (χ1v) is 8.83. The average Bonchev–Trinajstić information content (AvgIpc) is 2.59. The number of nitrogens with one attached hydrogen (secondary N) is 1. The molecule has 2 aromatic carbocycles. The Morgan fingerprint density at radius 2 is 1.80 bits per heavy atom. The lowest BCUT2D eigenvalue weighted by molar-refractivity contribution is 0.0950. The Bertz CT molecular complexity index is 865. The summed E-state index contributed by atoms with van der Waals surface area (Å²) in [6.45, 7) is 0.189. The Balaban J connectivity index is 2.04. The van der Waals surface area contributed by atoms with Gasteiger partial charge in [0.15, 0.2) is 11.6 Å². The van der Waals surface area contributed by atoms with Gasteiger partial charge in [-0.25, -0.2) is 17.1 Å². The van der Waals surface area contributed by atoms with Crippen LogP contribution < -0.4 is 10.1 Å². The highest BCUT2D eigenvalue weighted by Gasteiger charge is 2.16. The Kier molecular flexibility index (Phi) is 5.76. The van der Waals surface area contributed by atoms with E-state index in [4.69, 9.17) is 4.74 Å². The molecule has 0 aliphatic rings. The van der Waals surface area contributed by atoms with E-state index in [1.165, 1.54) is 45.5 Å². The molecule has 0 heterocycles. The fourth-order valence-electron chi connectivity index (χ4n) is 2.08. The van der Waals surface area contributed by atoms with Crippen molar-refractivity contribution in [1.82, 2.24) is 9.62 Å². The third-order valence-corrected chi connectivity index (χ3v) is 5.40. The van der Waals surface area contributed by atoms with E-state index in [9.17, 15) is 17.6 Å². The summed E-state index contributed by atoms with van der Waals surface area (Å²) in [4.78, 5) is 12.2. The molecule has 0 aliphatic carbocycles. The number of hydrogen-bond acceptors (Lipinski definition) is 4. The van der Waals surface area contributed by atoms with E-state index in [1.54, 1.807) is 12.1 Å². The van der Waals surface area contributed by atoms with Gasteiger partial charge in [0.25, 0.3) is 5.91 Å². The lowest BCUT2D eigenvalue weighted by Gasteiger charge is -2.12. The van der Waals surface area contributed by atoms with Crippen molar-refractivity contribution in [3.63, 3.8) is 0 Å². The molecule has 0 radical (unpaired) electrons. The highest BCUT2D eigenvalue weighted by Crippen LogP contribution is 2.18. The zero-order valence-corrected chi connectivity index (χ0v) is 14.9. The Morgan fingerprint density at radius 1 is 1.16 bits per heavy atom. The minimum absolute atomic E-state index is 0.0641. The van der Waals surface area contributed by atoms with Crippen LogP contribution in [0, 0.1) is 5.82 Å². The van der Waals surface area contributed by atoms with E-state index < -0.39 is 21.7 Å². The van der Waals surface area contributed by atoms with Gasteiger partial charge < -0.3 is 10.1 Å². The molecule has 134 valence electrons. The van der Waals surface area contributed by atoms with Crippen molar-refractivity contribution in [2.45, 2.75) is 11.4 Å². The summed E-state index contributed by atoms with van der Waals surface area (Å²) in [6.07, 6.45) is 0. The number of methoxy groups -OCH3 is 1. The van der Waals surface area contributed by atoms with E-state index in [0.29, 0.717) is 0 Å². The van der Waals surface area contributed by atoms with Gasteiger partial charge >= 0.3 is 0 Å². The molecule has 0 saturated carbocycles. The molecule has 1 N–H and O–H groups in total.